The molecule has 1 heterocycles. The first-order valence-corrected chi connectivity index (χ1v) is 9.07. The van der Waals surface area contributed by atoms with Crippen LogP contribution in [0.1, 0.15) is 44.2 Å². The molecule has 1 aromatic rings. The Morgan fingerprint density at radius 1 is 1.33 bits per heavy atom. The van der Waals surface area contributed by atoms with Crippen LogP contribution in [0.5, 0.6) is 0 Å². The Bertz CT molecular complexity index is 589. The summed E-state index contributed by atoms with van der Waals surface area (Å²) in [6.07, 6.45) is 2.72. The largest absolute Gasteiger partial charge is 0.309 e. The van der Waals surface area contributed by atoms with Crippen LogP contribution in [0.4, 0.5) is 8.78 Å². The summed E-state index contributed by atoms with van der Waals surface area (Å²) in [4.78, 5) is 0. The van der Waals surface area contributed by atoms with E-state index in [1.165, 1.54) is 0 Å². The van der Waals surface area contributed by atoms with Gasteiger partial charge in [-0.25, -0.2) is 17.2 Å². The zero-order valence-corrected chi connectivity index (χ0v) is 12.9. The van der Waals surface area contributed by atoms with Crippen LogP contribution < -0.4 is 5.32 Å². The maximum atomic E-state index is 14.1. The number of hydrogen-bond donors (Lipinski definition) is 1. The Hall–Kier alpha value is -1.01. The second kappa shape index (κ2) is 6.83. The van der Waals surface area contributed by atoms with E-state index in [2.05, 4.69) is 5.32 Å². The van der Waals surface area contributed by atoms with E-state index in [9.17, 15) is 17.2 Å². The Kier molecular flexibility index (Phi) is 5.32. The van der Waals surface area contributed by atoms with E-state index in [4.69, 9.17) is 0 Å². The number of halogens is 2. The molecule has 2 unspecified atom stereocenters. The second-order valence-electron chi connectivity index (χ2n) is 5.50. The summed E-state index contributed by atoms with van der Waals surface area (Å²) in [6, 6.07) is 2.52. The van der Waals surface area contributed by atoms with Gasteiger partial charge in [0.15, 0.2) is 9.84 Å². The molecule has 0 spiro atoms. The summed E-state index contributed by atoms with van der Waals surface area (Å²) in [6.45, 7) is 2.51. The lowest BCUT2D eigenvalue weighted by atomic mass is 9.98. The maximum absolute atomic E-state index is 14.1. The van der Waals surface area contributed by atoms with Crippen molar-refractivity contribution >= 4 is 9.84 Å². The van der Waals surface area contributed by atoms with Gasteiger partial charge in [0.25, 0.3) is 0 Å². The van der Waals surface area contributed by atoms with Crippen molar-refractivity contribution in [2.24, 2.45) is 0 Å². The summed E-state index contributed by atoms with van der Waals surface area (Å²) in [5.74, 6) is -0.993. The van der Waals surface area contributed by atoms with Crippen molar-refractivity contribution in [3.8, 4) is 0 Å². The van der Waals surface area contributed by atoms with E-state index in [1.807, 2.05) is 6.92 Å². The molecule has 2 rings (SSSR count). The number of sulfone groups is 1. The second-order valence-corrected chi connectivity index (χ2v) is 7.84. The highest BCUT2D eigenvalue weighted by Gasteiger charge is 2.37. The molecule has 21 heavy (non-hydrogen) atoms. The monoisotopic (exact) mass is 317 g/mol. The third kappa shape index (κ3) is 3.80. The van der Waals surface area contributed by atoms with Crippen LogP contribution in [-0.2, 0) is 9.84 Å². The number of rotatable bonds is 5. The molecule has 2 atom stereocenters. The summed E-state index contributed by atoms with van der Waals surface area (Å²) in [5, 5.41) is 2.41. The van der Waals surface area contributed by atoms with Crippen molar-refractivity contribution in [1.29, 1.82) is 0 Å². The molecule has 1 saturated heterocycles. The van der Waals surface area contributed by atoms with Crippen LogP contribution in [0.25, 0.3) is 0 Å². The highest BCUT2D eigenvalue weighted by atomic mass is 32.2. The van der Waals surface area contributed by atoms with Gasteiger partial charge in [0.2, 0.25) is 0 Å². The van der Waals surface area contributed by atoms with E-state index in [1.54, 1.807) is 0 Å². The highest BCUT2D eigenvalue weighted by molar-refractivity contribution is 7.92. The van der Waals surface area contributed by atoms with Crippen molar-refractivity contribution in [2.75, 3.05) is 12.3 Å². The van der Waals surface area contributed by atoms with Gasteiger partial charge in [-0.05, 0) is 44.0 Å². The fourth-order valence-electron chi connectivity index (χ4n) is 2.85. The summed E-state index contributed by atoms with van der Waals surface area (Å²) >= 11 is 0. The van der Waals surface area contributed by atoms with Gasteiger partial charge in [-0.3, -0.25) is 0 Å². The van der Waals surface area contributed by atoms with Gasteiger partial charge in [-0.1, -0.05) is 13.3 Å². The molecular formula is C15H21F2NO2S. The summed E-state index contributed by atoms with van der Waals surface area (Å²) in [5.41, 5.74) is 0.110. The highest BCUT2D eigenvalue weighted by Crippen LogP contribution is 2.32. The minimum absolute atomic E-state index is 0.110. The van der Waals surface area contributed by atoms with Crippen molar-refractivity contribution < 1.29 is 17.2 Å². The minimum Gasteiger partial charge on any atom is -0.309 e. The third-order valence-corrected chi connectivity index (χ3v) is 6.20. The standard InChI is InChI=1S/C15H21F2NO2S/c1-2-8-18-15(12-10-11(16)6-7-13(12)17)14-5-3-4-9-21(14,19)20/h6-7,10,14-15,18H,2-5,8-9H2,1H3. The fraction of sp³-hybridized carbons (Fsp3) is 0.600. The Balaban J connectivity index is 2.40. The first-order valence-electron chi connectivity index (χ1n) is 7.35. The third-order valence-electron chi connectivity index (χ3n) is 3.91. The van der Waals surface area contributed by atoms with Crippen LogP contribution in [0.15, 0.2) is 18.2 Å². The van der Waals surface area contributed by atoms with Crippen LogP contribution in [0, 0.1) is 11.6 Å². The molecule has 3 nitrogen and oxygen atoms in total. The SMILES string of the molecule is CCCNC(c1cc(F)ccc1F)C1CCCCS1(=O)=O. The lowest BCUT2D eigenvalue weighted by Crippen LogP contribution is -2.41. The molecular weight excluding hydrogens is 296 g/mol. The van der Waals surface area contributed by atoms with Crippen molar-refractivity contribution in [2.45, 2.75) is 43.9 Å². The van der Waals surface area contributed by atoms with Gasteiger partial charge in [0.1, 0.15) is 11.6 Å². The molecule has 1 fully saturated rings. The van der Waals surface area contributed by atoms with Gasteiger partial charge in [0, 0.05) is 5.56 Å². The van der Waals surface area contributed by atoms with E-state index in [0.29, 0.717) is 19.4 Å². The Labute approximate surface area is 124 Å². The Morgan fingerprint density at radius 3 is 2.76 bits per heavy atom. The van der Waals surface area contributed by atoms with Gasteiger partial charge < -0.3 is 5.32 Å². The molecule has 1 N–H and O–H groups in total. The molecule has 118 valence electrons. The quantitative estimate of drug-likeness (QED) is 0.908. The van der Waals surface area contributed by atoms with E-state index in [0.717, 1.165) is 31.0 Å². The molecule has 0 saturated carbocycles. The molecule has 0 aliphatic carbocycles. The van der Waals surface area contributed by atoms with Crippen LogP contribution in [-0.4, -0.2) is 26.0 Å². The lowest BCUT2D eigenvalue weighted by Gasteiger charge is -2.31. The predicted molar refractivity (Wildman–Crippen MR) is 78.8 cm³/mol. The first kappa shape index (κ1) is 16.4. The predicted octanol–water partition coefficient (Wildman–Crippen LogP) is 2.97. The average molecular weight is 317 g/mol. The maximum Gasteiger partial charge on any atom is 0.155 e. The number of hydrogen-bond acceptors (Lipinski definition) is 3. The molecule has 1 aliphatic heterocycles. The van der Waals surface area contributed by atoms with E-state index < -0.39 is 32.8 Å². The summed E-state index contributed by atoms with van der Waals surface area (Å²) in [7, 11) is -3.28. The molecule has 6 heteroatoms. The average Bonchev–Trinajstić information content (AvgIpc) is 2.44. The molecule has 1 aliphatic rings. The topological polar surface area (TPSA) is 46.2 Å². The lowest BCUT2D eigenvalue weighted by molar-refractivity contribution is 0.430. The normalized spacial score (nSPS) is 22.9. The summed E-state index contributed by atoms with van der Waals surface area (Å²) < 4.78 is 52.1. The van der Waals surface area contributed by atoms with Gasteiger partial charge in [0.05, 0.1) is 17.0 Å². The van der Waals surface area contributed by atoms with Crippen LogP contribution in [0.2, 0.25) is 0 Å². The first-order chi connectivity index (χ1) is 9.95. The Morgan fingerprint density at radius 2 is 2.10 bits per heavy atom. The van der Waals surface area contributed by atoms with E-state index >= 15 is 0 Å². The van der Waals surface area contributed by atoms with Crippen LogP contribution in [0.3, 0.4) is 0 Å². The molecule has 1 aromatic carbocycles. The smallest absolute Gasteiger partial charge is 0.155 e. The number of benzene rings is 1. The van der Waals surface area contributed by atoms with Crippen molar-refractivity contribution in [3.05, 3.63) is 35.4 Å². The van der Waals surface area contributed by atoms with Crippen LogP contribution >= 0.6 is 0 Å². The number of nitrogens with one attached hydrogen (secondary N) is 1. The molecule has 0 radical (unpaired) electrons. The minimum atomic E-state index is -3.28. The fourth-order valence-corrected chi connectivity index (χ4v) is 4.94. The van der Waals surface area contributed by atoms with Crippen molar-refractivity contribution in [3.63, 3.8) is 0 Å². The zero-order valence-electron chi connectivity index (χ0n) is 12.1. The van der Waals surface area contributed by atoms with Gasteiger partial charge >= 0.3 is 0 Å². The van der Waals surface area contributed by atoms with Crippen molar-refractivity contribution in [1.82, 2.24) is 5.32 Å². The molecule has 0 aromatic heterocycles. The van der Waals surface area contributed by atoms with E-state index in [-0.39, 0.29) is 11.3 Å². The van der Waals surface area contributed by atoms with Gasteiger partial charge in [-0.2, -0.15) is 0 Å². The molecule has 0 bridgehead atoms. The van der Waals surface area contributed by atoms with Gasteiger partial charge in [-0.15, -0.1) is 0 Å². The zero-order chi connectivity index (χ0) is 15.5. The molecule has 0 amide bonds.